The summed E-state index contributed by atoms with van der Waals surface area (Å²) in [4.78, 5) is 45.5. The number of aromatic nitrogens is 2. The second-order valence-electron chi connectivity index (χ2n) is 13.4. The van der Waals surface area contributed by atoms with Crippen molar-refractivity contribution in [1.29, 1.82) is 0 Å². The number of hydrogen-bond donors (Lipinski definition) is 3. The van der Waals surface area contributed by atoms with Gasteiger partial charge in [-0.1, -0.05) is 43.5 Å². The summed E-state index contributed by atoms with van der Waals surface area (Å²) in [5.74, 6) is -1.19. The lowest BCUT2D eigenvalue weighted by Gasteiger charge is -2.40. The van der Waals surface area contributed by atoms with E-state index in [9.17, 15) is 14.4 Å². The Morgan fingerprint density at radius 3 is 2.43 bits per heavy atom. The Morgan fingerprint density at radius 2 is 1.72 bits per heavy atom. The Morgan fingerprint density at radius 1 is 0.957 bits per heavy atom. The Bertz CT molecular complexity index is 1900. The van der Waals surface area contributed by atoms with Gasteiger partial charge in [0.1, 0.15) is 16.9 Å². The normalized spacial score (nSPS) is 17.4. The third-order valence-corrected chi connectivity index (χ3v) is 10.3. The molecule has 0 atom stereocenters. The van der Waals surface area contributed by atoms with Gasteiger partial charge in [-0.2, -0.15) is 0 Å². The zero-order chi connectivity index (χ0) is 32.7. The van der Waals surface area contributed by atoms with Crippen LogP contribution in [0.4, 0.5) is 11.4 Å². The van der Waals surface area contributed by atoms with Crippen molar-refractivity contribution < 1.29 is 19.5 Å². The van der Waals surface area contributed by atoms with Crippen LogP contribution in [0, 0.1) is 6.92 Å². The highest BCUT2D eigenvalue weighted by Gasteiger charge is 2.46. The van der Waals surface area contributed by atoms with Gasteiger partial charge in [0.05, 0.1) is 5.69 Å². The molecule has 2 saturated carbocycles. The first kappa shape index (κ1) is 30.7. The van der Waals surface area contributed by atoms with E-state index >= 15 is 0 Å². The topological polar surface area (TPSA) is 117 Å². The highest BCUT2D eigenvalue weighted by atomic mass is 16.4. The van der Waals surface area contributed by atoms with Gasteiger partial charge in [0.25, 0.3) is 5.91 Å². The van der Waals surface area contributed by atoms with Crippen LogP contribution in [0.2, 0.25) is 0 Å². The second-order valence-corrected chi connectivity index (χ2v) is 13.4. The van der Waals surface area contributed by atoms with Crippen molar-refractivity contribution in [3.63, 3.8) is 0 Å². The highest BCUT2D eigenvalue weighted by Crippen LogP contribution is 2.47. The van der Waals surface area contributed by atoms with Crippen LogP contribution in [-0.2, 0) is 16.1 Å². The summed E-state index contributed by atoms with van der Waals surface area (Å²) in [5.41, 5.74) is 7.68. The molecule has 9 nitrogen and oxygen atoms in total. The minimum Gasteiger partial charge on any atom is -0.478 e. The third kappa shape index (κ3) is 5.79. The minimum atomic E-state index is -1.02. The van der Waals surface area contributed by atoms with Crippen LogP contribution < -0.4 is 15.5 Å². The van der Waals surface area contributed by atoms with E-state index in [1.807, 2.05) is 6.07 Å². The summed E-state index contributed by atoms with van der Waals surface area (Å²) < 4.78 is 2.33. The molecular formula is C38H41N5O4. The molecule has 2 amide bonds. The van der Waals surface area contributed by atoms with Gasteiger partial charge in [0.15, 0.2) is 0 Å². The van der Waals surface area contributed by atoms with Crippen LogP contribution in [0.5, 0.6) is 0 Å². The van der Waals surface area contributed by atoms with E-state index in [1.165, 1.54) is 53.4 Å². The Hall–Kier alpha value is -4.92. The predicted molar refractivity (Wildman–Crippen MR) is 185 cm³/mol. The summed E-state index contributed by atoms with van der Waals surface area (Å²) in [7, 11) is 2.15. The third-order valence-electron chi connectivity index (χ3n) is 10.3. The fraction of sp³-hybridized carbons (Fsp3) is 0.368. The summed E-state index contributed by atoms with van der Waals surface area (Å²) in [6.07, 6.45) is 10.5. The van der Waals surface area contributed by atoms with Crippen molar-refractivity contribution >= 4 is 46.3 Å². The fourth-order valence-corrected chi connectivity index (χ4v) is 7.53. The first-order chi connectivity index (χ1) is 22.7. The van der Waals surface area contributed by atoms with E-state index in [4.69, 9.17) is 10.1 Å². The monoisotopic (exact) mass is 631 g/mol. The van der Waals surface area contributed by atoms with Gasteiger partial charge in [-0.3, -0.25) is 9.59 Å². The number of benzene rings is 2. The number of nitrogens with zero attached hydrogens (tertiary/aromatic N) is 3. The largest absolute Gasteiger partial charge is 0.478 e. The predicted octanol–water partition coefficient (Wildman–Crippen LogP) is 6.90. The van der Waals surface area contributed by atoms with Crippen molar-refractivity contribution in [1.82, 2.24) is 14.9 Å². The lowest BCUT2D eigenvalue weighted by molar-refractivity contribution is -0.131. The standard InChI is InChI=1S/C38H41N5O4/c1-24-9-15-28-31(23-24)42(2)21-22-43-34(28)33(26-7-4-3-5-8-26)29-16-17-30(40-35(29)43)36(46)41-38(19-6-20-38)37(47)39-27-13-10-25(11-14-27)12-18-32(44)45/h9-18,23,26H,3-8,19-22H2,1-2H3,(H,39,47)(H,41,46)(H,44,45)/b18-12+. The van der Waals surface area contributed by atoms with Gasteiger partial charge < -0.3 is 25.2 Å². The Balaban J connectivity index is 1.20. The summed E-state index contributed by atoms with van der Waals surface area (Å²) in [5, 5.41) is 16.0. The van der Waals surface area contributed by atoms with Crippen LogP contribution in [0.3, 0.4) is 0 Å². The number of anilines is 2. The second kappa shape index (κ2) is 12.4. The molecule has 242 valence electrons. The number of carbonyl (C=O) groups is 3. The molecule has 3 heterocycles. The number of nitrogens with one attached hydrogen (secondary N) is 2. The van der Waals surface area contributed by atoms with E-state index in [0.29, 0.717) is 35.7 Å². The van der Waals surface area contributed by atoms with Crippen molar-refractivity contribution in [3.05, 3.63) is 83.1 Å². The first-order valence-electron chi connectivity index (χ1n) is 16.7. The molecule has 2 aliphatic carbocycles. The quantitative estimate of drug-likeness (QED) is 0.191. The van der Waals surface area contributed by atoms with E-state index < -0.39 is 11.5 Å². The average molecular weight is 632 g/mol. The lowest BCUT2D eigenvalue weighted by Crippen LogP contribution is -2.61. The molecule has 4 aromatic rings. The summed E-state index contributed by atoms with van der Waals surface area (Å²) >= 11 is 0. The van der Waals surface area contributed by atoms with E-state index in [0.717, 1.165) is 49.5 Å². The molecule has 2 aromatic carbocycles. The van der Waals surface area contributed by atoms with Crippen LogP contribution in [0.1, 0.15) is 84.5 Å². The number of aryl methyl sites for hydroxylation is 1. The smallest absolute Gasteiger partial charge is 0.328 e. The highest BCUT2D eigenvalue weighted by molar-refractivity contribution is 6.05. The number of carboxylic acid groups (broad SMARTS) is 1. The molecule has 1 aliphatic heterocycles. The fourth-order valence-electron chi connectivity index (χ4n) is 7.53. The molecule has 0 radical (unpaired) electrons. The maximum atomic E-state index is 13.8. The van der Waals surface area contributed by atoms with Gasteiger partial charge in [0, 0.05) is 48.5 Å². The van der Waals surface area contributed by atoms with Gasteiger partial charge in [0.2, 0.25) is 5.91 Å². The lowest BCUT2D eigenvalue weighted by atomic mass is 9.75. The number of carbonyl (C=O) groups excluding carboxylic acids is 2. The SMILES string of the molecule is Cc1ccc2c(c1)N(C)CCn1c-2c(C2CCCCC2)c2ccc(C(=O)NC3(C(=O)Nc4ccc(/C=C/C(=O)O)cc4)CCC3)nc21. The molecule has 0 saturated heterocycles. The van der Waals surface area contributed by atoms with Crippen LogP contribution in [0.25, 0.3) is 28.4 Å². The number of rotatable bonds is 7. The molecule has 0 spiro atoms. The number of carboxylic acids is 1. The van der Waals surface area contributed by atoms with E-state index in [2.05, 4.69) is 58.3 Å². The molecule has 7 rings (SSSR count). The van der Waals surface area contributed by atoms with Crippen LogP contribution in [-0.4, -0.2) is 51.6 Å². The van der Waals surface area contributed by atoms with E-state index in [-0.39, 0.29) is 11.8 Å². The molecular weight excluding hydrogens is 590 g/mol. The summed E-state index contributed by atoms with van der Waals surface area (Å²) in [6.45, 7) is 3.73. The first-order valence-corrected chi connectivity index (χ1v) is 16.7. The molecule has 47 heavy (non-hydrogen) atoms. The van der Waals surface area contributed by atoms with Gasteiger partial charge in [-0.25, -0.2) is 9.78 Å². The van der Waals surface area contributed by atoms with Crippen LogP contribution >= 0.6 is 0 Å². The van der Waals surface area contributed by atoms with E-state index in [1.54, 1.807) is 24.3 Å². The molecule has 3 N–H and O–H groups in total. The molecule has 2 aromatic heterocycles. The maximum absolute atomic E-state index is 13.8. The van der Waals surface area contributed by atoms with Crippen molar-refractivity contribution in [3.8, 4) is 11.3 Å². The maximum Gasteiger partial charge on any atom is 0.328 e. The summed E-state index contributed by atoms with van der Waals surface area (Å²) in [6, 6.07) is 17.5. The average Bonchev–Trinajstić information content (AvgIpc) is 3.30. The number of pyridine rings is 1. The molecule has 3 aliphatic rings. The number of aliphatic carboxylic acids is 1. The number of fused-ring (bicyclic) bond motifs is 5. The molecule has 0 unspecified atom stereocenters. The Labute approximate surface area is 274 Å². The van der Waals surface area contributed by atoms with Crippen LogP contribution in [0.15, 0.2) is 60.7 Å². The zero-order valence-corrected chi connectivity index (χ0v) is 27.0. The van der Waals surface area contributed by atoms with Crippen molar-refractivity contribution in [2.24, 2.45) is 0 Å². The van der Waals surface area contributed by atoms with Gasteiger partial charge >= 0.3 is 5.97 Å². The number of hydrogen-bond acceptors (Lipinski definition) is 5. The van der Waals surface area contributed by atoms with Crippen molar-refractivity contribution in [2.45, 2.75) is 76.3 Å². The minimum absolute atomic E-state index is 0.266. The van der Waals surface area contributed by atoms with Crippen molar-refractivity contribution in [2.75, 3.05) is 23.8 Å². The number of amides is 2. The molecule has 9 heteroatoms. The number of likely N-dealkylation sites (N-methyl/N-ethyl adjacent to an activating group) is 1. The Kier molecular flexibility index (Phi) is 8.08. The molecule has 0 bridgehead atoms. The zero-order valence-electron chi connectivity index (χ0n) is 27.0. The van der Waals surface area contributed by atoms with Gasteiger partial charge in [-0.15, -0.1) is 0 Å². The molecule has 2 fully saturated rings. The van der Waals surface area contributed by atoms with Gasteiger partial charge in [-0.05, 0) is 98.0 Å².